The van der Waals surface area contributed by atoms with Crippen molar-refractivity contribution in [3.8, 4) is 6.07 Å². The topological polar surface area (TPSA) is 70.0 Å². The summed E-state index contributed by atoms with van der Waals surface area (Å²) in [7, 11) is -3.54. The Morgan fingerprint density at radius 1 is 1.50 bits per heavy atom. The second kappa shape index (κ2) is 5.43. The first-order chi connectivity index (χ1) is 7.47. The van der Waals surface area contributed by atoms with E-state index in [0.717, 1.165) is 0 Å². The van der Waals surface area contributed by atoms with Gasteiger partial charge in [0, 0.05) is 11.0 Å². The number of benzene rings is 1. The van der Waals surface area contributed by atoms with Crippen LogP contribution in [0, 0.1) is 17.2 Å². The highest BCUT2D eigenvalue weighted by Crippen LogP contribution is 2.20. The van der Waals surface area contributed by atoms with Crippen molar-refractivity contribution in [1.82, 2.24) is 4.72 Å². The number of hydrogen-bond acceptors (Lipinski definition) is 3. The Balaban J connectivity index is 2.88. The molecule has 0 saturated heterocycles. The lowest BCUT2D eigenvalue weighted by Gasteiger charge is -2.08. The van der Waals surface area contributed by atoms with Gasteiger partial charge >= 0.3 is 0 Å². The molecule has 0 aliphatic heterocycles. The molecule has 0 spiro atoms. The number of sulfonamides is 1. The second-order valence-electron chi connectivity index (χ2n) is 3.31. The molecule has 6 heteroatoms. The largest absolute Gasteiger partial charge is 0.241 e. The molecule has 0 aliphatic carbocycles. The number of halogens is 1. The molecule has 86 valence electrons. The summed E-state index contributed by atoms with van der Waals surface area (Å²) in [6, 6.07) is 8.51. The normalized spacial score (nSPS) is 13.1. The summed E-state index contributed by atoms with van der Waals surface area (Å²) in [6.07, 6.45) is 0. The molecule has 4 nitrogen and oxygen atoms in total. The Morgan fingerprint density at radius 3 is 2.69 bits per heavy atom. The molecular formula is C10H11BrN2O2S. The summed E-state index contributed by atoms with van der Waals surface area (Å²) in [4.78, 5) is 0.181. The van der Waals surface area contributed by atoms with Gasteiger partial charge in [-0.1, -0.05) is 12.1 Å². The van der Waals surface area contributed by atoms with E-state index in [1.54, 1.807) is 25.1 Å². The van der Waals surface area contributed by atoms with Gasteiger partial charge in [-0.25, -0.2) is 13.1 Å². The maximum Gasteiger partial charge on any atom is 0.241 e. The van der Waals surface area contributed by atoms with Crippen LogP contribution < -0.4 is 4.72 Å². The summed E-state index contributed by atoms with van der Waals surface area (Å²) in [5, 5.41) is 8.56. The predicted octanol–water partition coefficient (Wildman–Crippen LogP) is 1.89. The quantitative estimate of drug-likeness (QED) is 0.923. The molecule has 0 bridgehead atoms. The van der Waals surface area contributed by atoms with E-state index >= 15 is 0 Å². The maximum absolute atomic E-state index is 11.8. The van der Waals surface area contributed by atoms with E-state index in [9.17, 15) is 8.42 Å². The molecule has 1 aromatic rings. The summed E-state index contributed by atoms with van der Waals surface area (Å²) in [6.45, 7) is 1.77. The standard InChI is InChI=1S/C10H11BrN2O2S/c1-8(6-12)7-13-16(14,15)10-5-3-2-4-9(10)11/h2-5,8,13H,7H2,1H3. The van der Waals surface area contributed by atoms with Crippen molar-refractivity contribution in [2.45, 2.75) is 11.8 Å². The van der Waals surface area contributed by atoms with Crippen LogP contribution in [0.5, 0.6) is 0 Å². The van der Waals surface area contributed by atoms with Gasteiger partial charge in [-0.15, -0.1) is 0 Å². The molecule has 1 rings (SSSR count). The van der Waals surface area contributed by atoms with Crippen LogP contribution in [0.2, 0.25) is 0 Å². The Morgan fingerprint density at radius 2 is 2.12 bits per heavy atom. The molecule has 1 N–H and O–H groups in total. The van der Waals surface area contributed by atoms with Gasteiger partial charge in [0.1, 0.15) is 0 Å². The van der Waals surface area contributed by atoms with Gasteiger partial charge < -0.3 is 0 Å². The number of rotatable bonds is 4. The van der Waals surface area contributed by atoms with Gasteiger partial charge in [0.25, 0.3) is 0 Å². The van der Waals surface area contributed by atoms with E-state index in [2.05, 4.69) is 20.7 Å². The van der Waals surface area contributed by atoms with E-state index in [-0.39, 0.29) is 17.4 Å². The molecule has 0 saturated carbocycles. The van der Waals surface area contributed by atoms with E-state index in [1.165, 1.54) is 6.07 Å². The van der Waals surface area contributed by atoms with Crippen molar-refractivity contribution < 1.29 is 8.42 Å². The van der Waals surface area contributed by atoms with Gasteiger partial charge in [-0.2, -0.15) is 5.26 Å². The van der Waals surface area contributed by atoms with Gasteiger partial charge in [-0.3, -0.25) is 0 Å². The van der Waals surface area contributed by atoms with E-state index in [0.29, 0.717) is 4.47 Å². The SMILES string of the molecule is CC(C#N)CNS(=O)(=O)c1ccccc1Br. The monoisotopic (exact) mass is 302 g/mol. The molecule has 0 aromatic heterocycles. The summed E-state index contributed by atoms with van der Waals surface area (Å²) in [5.41, 5.74) is 0. The van der Waals surface area contributed by atoms with Gasteiger partial charge in [-0.05, 0) is 35.0 Å². The lowest BCUT2D eigenvalue weighted by molar-refractivity contribution is 0.572. The van der Waals surface area contributed by atoms with Crippen LogP contribution in [-0.4, -0.2) is 15.0 Å². The van der Waals surface area contributed by atoms with Crippen LogP contribution in [-0.2, 0) is 10.0 Å². The highest BCUT2D eigenvalue weighted by Gasteiger charge is 2.17. The third kappa shape index (κ3) is 3.30. The highest BCUT2D eigenvalue weighted by atomic mass is 79.9. The third-order valence-electron chi connectivity index (χ3n) is 1.93. The van der Waals surface area contributed by atoms with Crippen LogP contribution in [0.4, 0.5) is 0 Å². The number of nitrogens with one attached hydrogen (secondary N) is 1. The Bertz CT molecular complexity index is 508. The molecule has 1 unspecified atom stereocenters. The second-order valence-corrected chi connectivity index (χ2v) is 5.90. The first-order valence-electron chi connectivity index (χ1n) is 4.61. The zero-order chi connectivity index (χ0) is 12.2. The molecule has 0 heterocycles. The lowest BCUT2D eigenvalue weighted by Crippen LogP contribution is -2.28. The average Bonchev–Trinajstić information content (AvgIpc) is 2.26. The van der Waals surface area contributed by atoms with Crippen LogP contribution in [0.1, 0.15) is 6.92 Å². The minimum Gasteiger partial charge on any atom is -0.210 e. The molecule has 0 amide bonds. The van der Waals surface area contributed by atoms with Crippen molar-refractivity contribution in [2.24, 2.45) is 5.92 Å². The van der Waals surface area contributed by atoms with Crippen molar-refractivity contribution in [3.63, 3.8) is 0 Å². The number of nitriles is 1. The van der Waals surface area contributed by atoms with E-state index in [1.807, 2.05) is 6.07 Å². The van der Waals surface area contributed by atoms with Crippen LogP contribution in [0.3, 0.4) is 0 Å². The van der Waals surface area contributed by atoms with Crippen molar-refractivity contribution in [3.05, 3.63) is 28.7 Å². The molecule has 0 radical (unpaired) electrons. The summed E-state index contributed by atoms with van der Waals surface area (Å²) >= 11 is 3.17. The fourth-order valence-corrected chi connectivity index (χ4v) is 3.15. The maximum atomic E-state index is 11.8. The zero-order valence-corrected chi connectivity index (χ0v) is 11.0. The Hall–Kier alpha value is -0.900. The van der Waals surface area contributed by atoms with Crippen molar-refractivity contribution in [2.75, 3.05) is 6.54 Å². The fraction of sp³-hybridized carbons (Fsp3) is 0.300. The first kappa shape index (κ1) is 13.2. The Kier molecular flexibility index (Phi) is 4.47. The zero-order valence-electron chi connectivity index (χ0n) is 8.64. The van der Waals surface area contributed by atoms with Crippen LogP contribution in [0.25, 0.3) is 0 Å². The number of hydrogen-bond donors (Lipinski definition) is 1. The Labute approximate surface area is 103 Å². The predicted molar refractivity (Wildman–Crippen MR) is 64.1 cm³/mol. The van der Waals surface area contributed by atoms with Crippen molar-refractivity contribution in [1.29, 1.82) is 5.26 Å². The van der Waals surface area contributed by atoms with E-state index < -0.39 is 10.0 Å². The molecule has 0 aliphatic rings. The number of nitrogens with zero attached hydrogens (tertiary/aromatic N) is 1. The third-order valence-corrected chi connectivity index (χ3v) is 4.36. The van der Waals surface area contributed by atoms with Gasteiger partial charge in [0.05, 0.1) is 16.9 Å². The highest BCUT2D eigenvalue weighted by molar-refractivity contribution is 9.10. The minimum atomic E-state index is -3.54. The fourth-order valence-electron chi connectivity index (χ4n) is 1.02. The molecular weight excluding hydrogens is 292 g/mol. The van der Waals surface area contributed by atoms with Crippen molar-refractivity contribution >= 4 is 26.0 Å². The molecule has 1 atom stereocenters. The minimum absolute atomic E-state index is 0.111. The van der Waals surface area contributed by atoms with Crippen LogP contribution in [0.15, 0.2) is 33.6 Å². The van der Waals surface area contributed by atoms with Crippen LogP contribution >= 0.6 is 15.9 Å². The first-order valence-corrected chi connectivity index (χ1v) is 6.89. The van der Waals surface area contributed by atoms with E-state index in [4.69, 9.17) is 5.26 Å². The molecule has 0 fully saturated rings. The van der Waals surface area contributed by atoms with Gasteiger partial charge in [0.2, 0.25) is 10.0 Å². The lowest BCUT2D eigenvalue weighted by atomic mass is 10.2. The van der Waals surface area contributed by atoms with Gasteiger partial charge in [0.15, 0.2) is 0 Å². The molecule has 16 heavy (non-hydrogen) atoms. The molecule has 1 aromatic carbocycles. The average molecular weight is 303 g/mol. The summed E-state index contributed by atoms with van der Waals surface area (Å²) < 4.78 is 26.5. The smallest absolute Gasteiger partial charge is 0.210 e. The summed E-state index contributed by atoms with van der Waals surface area (Å²) in [5.74, 6) is -0.350.